The predicted molar refractivity (Wildman–Crippen MR) is 112 cm³/mol. The van der Waals surface area contributed by atoms with E-state index < -0.39 is 11.9 Å². The Labute approximate surface area is 168 Å². The van der Waals surface area contributed by atoms with Crippen LogP contribution in [0.15, 0.2) is 72.8 Å². The average molecular weight is 388 g/mol. The fraction of sp³-hybridized carbons (Fsp3) is 0.0870. The normalized spacial score (nSPS) is 10.7. The number of benzene rings is 3. The molecule has 0 aromatic heterocycles. The molecule has 0 atom stereocenters. The molecule has 0 spiro atoms. The number of carbonyl (C=O) groups is 3. The molecule has 0 aliphatic carbocycles. The lowest BCUT2D eigenvalue weighted by atomic mass is 10.0. The summed E-state index contributed by atoms with van der Waals surface area (Å²) in [6, 6.07) is 20.3. The van der Waals surface area contributed by atoms with Gasteiger partial charge >= 0.3 is 5.97 Å². The van der Waals surface area contributed by atoms with Crippen molar-refractivity contribution < 1.29 is 19.1 Å². The van der Waals surface area contributed by atoms with Gasteiger partial charge in [0.05, 0.1) is 7.11 Å². The summed E-state index contributed by atoms with van der Waals surface area (Å²) in [4.78, 5) is 35.2. The van der Waals surface area contributed by atoms with Crippen LogP contribution < -0.4 is 10.6 Å². The first kappa shape index (κ1) is 19.8. The minimum atomic E-state index is -0.528. The number of hydrogen-bond donors (Lipinski definition) is 2. The molecule has 0 bridgehead atoms. The molecule has 6 heteroatoms. The highest BCUT2D eigenvalue weighted by molar-refractivity contribution is 6.04. The lowest BCUT2D eigenvalue weighted by Gasteiger charge is -2.06. The van der Waals surface area contributed by atoms with E-state index in [1.165, 1.54) is 13.2 Å². The Morgan fingerprint density at radius 3 is 2.41 bits per heavy atom. The van der Waals surface area contributed by atoms with Crippen molar-refractivity contribution in [3.63, 3.8) is 0 Å². The molecule has 2 amide bonds. The van der Waals surface area contributed by atoms with Gasteiger partial charge in [-0.1, -0.05) is 42.5 Å². The number of rotatable bonds is 6. The second kappa shape index (κ2) is 9.32. The zero-order valence-corrected chi connectivity index (χ0v) is 15.8. The van der Waals surface area contributed by atoms with Crippen molar-refractivity contribution in [2.24, 2.45) is 0 Å². The van der Waals surface area contributed by atoms with Gasteiger partial charge in [-0.25, -0.2) is 0 Å². The number of amides is 2. The first-order valence-electron chi connectivity index (χ1n) is 8.99. The molecule has 0 aliphatic heterocycles. The Morgan fingerprint density at radius 1 is 0.931 bits per heavy atom. The highest BCUT2D eigenvalue weighted by Gasteiger charge is 2.08. The third-order valence-corrected chi connectivity index (χ3v) is 4.27. The summed E-state index contributed by atoms with van der Waals surface area (Å²) in [6.45, 7) is -0.202. The molecular formula is C23H20N2O4. The van der Waals surface area contributed by atoms with Crippen molar-refractivity contribution in [3.8, 4) is 0 Å². The summed E-state index contributed by atoms with van der Waals surface area (Å²) >= 11 is 0. The van der Waals surface area contributed by atoms with Crippen molar-refractivity contribution in [1.82, 2.24) is 5.32 Å². The van der Waals surface area contributed by atoms with E-state index in [1.807, 2.05) is 42.5 Å². The molecule has 0 aliphatic rings. The van der Waals surface area contributed by atoms with Crippen LogP contribution in [-0.2, 0) is 14.3 Å². The maximum atomic E-state index is 12.2. The molecule has 3 aromatic rings. The molecule has 0 saturated heterocycles. The maximum absolute atomic E-state index is 12.2. The lowest BCUT2D eigenvalue weighted by Crippen LogP contribution is -2.30. The SMILES string of the molecule is COC(=O)CNC(=O)c1ccc(NC(=O)/C=C/c2cccc3ccccc23)cc1. The molecule has 6 nitrogen and oxygen atoms in total. The van der Waals surface area contributed by atoms with Gasteiger partial charge in [0.2, 0.25) is 5.91 Å². The molecule has 146 valence electrons. The molecule has 0 heterocycles. The molecule has 0 saturated carbocycles. The fourth-order valence-electron chi connectivity index (χ4n) is 2.78. The first-order chi connectivity index (χ1) is 14.1. The standard InChI is InChI=1S/C23H20N2O4/c1-29-22(27)15-24-23(28)18-9-12-19(13-10-18)25-21(26)14-11-17-7-4-6-16-5-2-3-8-20(16)17/h2-14H,15H2,1H3,(H,24,28)(H,25,26)/b14-11+. The molecular weight excluding hydrogens is 368 g/mol. The van der Waals surface area contributed by atoms with Crippen LogP contribution in [-0.4, -0.2) is 31.4 Å². The topological polar surface area (TPSA) is 84.5 Å². The summed E-state index contributed by atoms with van der Waals surface area (Å²) < 4.78 is 4.47. The largest absolute Gasteiger partial charge is 0.468 e. The smallest absolute Gasteiger partial charge is 0.325 e. The van der Waals surface area contributed by atoms with Gasteiger partial charge in [-0.15, -0.1) is 0 Å². The molecule has 0 radical (unpaired) electrons. The first-order valence-corrected chi connectivity index (χ1v) is 8.99. The third-order valence-electron chi connectivity index (χ3n) is 4.27. The Kier molecular flexibility index (Phi) is 6.37. The van der Waals surface area contributed by atoms with E-state index in [0.717, 1.165) is 16.3 Å². The van der Waals surface area contributed by atoms with E-state index in [4.69, 9.17) is 0 Å². The minimum absolute atomic E-state index is 0.202. The van der Waals surface area contributed by atoms with Crippen LogP contribution in [0.5, 0.6) is 0 Å². The van der Waals surface area contributed by atoms with Crippen LogP contribution in [0.2, 0.25) is 0 Å². The van der Waals surface area contributed by atoms with Crippen LogP contribution in [0.3, 0.4) is 0 Å². The number of carbonyl (C=O) groups excluding carboxylic acids is 3. The highest BCUT2D eigenvalue weighted by Crippen LogP contribution is 2.19. The minimum Gasteiger partial charge on any atom is -0.468 e. The quantitative estimate of drug-likeness (QED) is 0.501. The number of nitrogens with one attached hydrogen (secondary N) is 2. The molecule has 0 fully saturated rings. The van der Waals surface area contributed by atoms with Crippen molar-refractivity contribution in [1.29, 1.82) is 0 Å². The Morgan fingerprint density at radius 2 is 1.66 bits per heavy atom. The van der Waals surface area contributed by atoms with Crippen LogP contribution in [0.1, 0.15) is 15.9 Å². The van der Waals surface area contributed by atoms with Crippen molar-refractivity contribution in [2.45, 2.75) is 0 Å². The van der Waals surface area contributed by atoms with E-state index in [1.54, 1.807) is 30.3 Å². The van der Waals surface area contributed by atoms with Gasteiger partial charge < -0.3 is 15.4 Å². The lowest BCUT2D eigenvalue weighted by molar-refractivity contribution is -0.139. The Bertz CT molecular complexity index is 1070. The number of ether oxygens (including phenoxy) is 1. The van der Waals surface area contributed by atoms with Crippen LogP contribution >= 0.6 is 0 Å². The zero-order chi connectivity index (χ0) is 20.6. The van der Waals surface area contributed by atoms with Gasteiger partial charge in [0.15, 0.2) is 0 Å². The van der Waals surface area contributed by atoms with Gasteiger partial charge in [0.1, 0.15) is 6.54 Å². The maximum Gasteiger partial charge on any atom is 0.325 e. The van der Waals surface area contributed by atoms with Gasteiger partial charge in [-0.3, -0.25) is 14.4 Å². The molecule has 3 aromatic carbocycles. The summed E-state index contributed by atoms with van der Waals surface area (Å²) in [7, 11) is 1.25. The van der Waals surface area contributed by atoms with E-state index in [-0.39, 0.29) is 12.5 Å². The van der Waals surface area contributed by atoms with Crippen LogP contribution in [0.25, 0.3) is 16.8 Å². The summed E-state index contributed by atoms with van der Waals surface area (Å²) in [6.07, 6.45) is 3.24. The van der Waals surface area contributed by atoms with Gasteiger partial charge in [-0.05, 0) is 46.7 Å². The summed E-state index contributed by atoms with van der Waals surface area (Å²) in [5.74, 6) is -1.20. The Hall–Kier alpha value is -3.93. The second-order valence-corrected chi connectivity index (χ2v) is 6.23. The van der Waals surface area contributed by atoms with E-state index in [0.29, 0.717) is 11.3 Å². The van der Waals surface area contributed by atoms with E-state index >= 15 is 0 Å². The van der Waals surface area contributed by atoms with Gasteiger partial charge in [-0.2, -0.15) is 0 Å². The fourth-order valence-corrected chi connectivity index (χ4v) is 2.78. The molecule has 29 heavy (non-hydrogen) atoms. The predicted octanol–water partition coefficient (Wildman–Crippen LogP) is 3.39. The third kappa shape index (κ3) is 5.29. The molecule has 3 rings (SSSR count). The number of hydrogen-bond acceptors (Lipinski definition) is 4. The monoisotopic (exact) mass is 388 g/mol. The summed E-state index contributed by atoms with van der Waals surface area (Å²) in [5, 5.41) is 7.38. The average Bonchev–Trinajstić information content (AvgIpc) is 2.76. The number of fused-ring (bicyclic) bond motifs is 1. The van der Waals surface area contributed by atoms with Crippen molar-refractivity contribution in [2.75, 3.05) is 19.0 Å². The van der Waals surface area contributed by atoms with Crippen LogP contribution in [0, 0.1) is 0 Å². The summed E-state index contributed by atoms with van der Waals surface area (Å²) in [5.41, 5.74) is 1.89. The number of methoxy groups -OCH3 is 1. The van der Waals surface area contributed by atoms with Crippen molar-refractivity contribution >= 4 is 40.3 Å². The van der Waals surface area contributed by atoms with E-state index in [2.05, 4.69) is 15.4 Å². The van der Waals surface area contributed by atoms with E-state index in [9.17, 15) is 14.4 Å². The van der Waals surface area contributed by atoms with Gasteiger partial charge in [0.25, 0.3) is 5.91 Å². The molecule has 0 unspecified atom stereocenters. The number of anilines is 1. The number of esters is 1. The second-order valence-electron chi connectivity index (χ2n) is 6.23. The Balaban J connectivity index is 1.61. The van der Waals surface area contributed by atoms with Crippen molar-refractivity contribution in [3.05, 3.63) is 83.9 Å². The molecule has 2 N–H and O–H groups in total. The highest BCUT2D eigenvalue weighted by atomic mass is 16.5. The van der Waals surface area contributed by atoms with Crippen LogP contribution in [0.4, 0.5) is 5.69 Å². The van der Waals surface area contributed by atoms with Gasteiger partial charge in [0, 0.05) is 17.3 Å². The zero-order valence-electron chi connectivity index (χ0n) is 15.8.